The van der Waals surface area contributed by atoms with Gasteiger partial charge in [0, 0.05) is 13.8 Å². The highest BCUT2D eigenvalue weighted by Gasteiger charge is 2.53. The normalized spacial score (nSPS) is 46.9. The van der Waals surface area contributed by atoms with Crippen molar-refractivity contribution in [3.05, 3.63) is 0 Å². The first-order valence-electron chi connectivity index (χ1n) is 12.4. The smallest absolute Gasteiger partial charge is 0.217 e. The summed E-state index contributed by atoms with van der Waals surface area (Å²) in [6, 6.07) is -2.73. The zero-order valence-corrected chi connectivity index (χ0v) is 21.5. The fourth-order valence-corrected chi connectivity index (χ4v) is 4.81. The molecule has 0 radical (unpaired) electrons. The lowest BCUT2D eigenvalue weighted by Crippen LogP contribution is -2.68. The number of nitrogens with one attached hydrogen (secondary N) is 2. The minimum Gasteiger partial charge on any atom is -0.394 e. The summed E-state index contributed by atoms with van der Waals surface area (Å²) >= 11 is 0. The summed E-state index contributed by atoms with van der Waals surface area (Å²) in [5, 5.41) is 87.4. The quantitative estimate of drug-likeness (QED) is 0.130. The molecule has 0 aromatic carbocycles. The van der Waals surface area contributed by atoms with Crippen molar-refractivity contribution in [1.29, 1.82) is 0 Å². The van der Waals surface area contributed by atoms with Gasteiger partial charge in [0.1, 0.15) is 67.0 Å². The Kier molecular flexibility index (Phi) is 11.0. The molecule has 17 nitrogen and oxygen atoms in total. The number of carbonyl (C=O) groups is 2. The van der Waals surface area contributed by atoms with E-state index in [9.17, 15) is 50.4 Å². The summed E-state index contributed by atoms with van der Waals surface area (Å²) in [7, 11) is 0. The van der Waals surface area contributed by atoms with Crippen LogP contribution in [0.2, 0.25) is 0 Å². The Balaban J connectivity index is 1.82. The van der Waals surface area contributed by atoms with E-state index in [0.29, 0.717) is 0 Å². The Morgan fingerprint density at radius 3 is 1.79 bits per heavy atom. The van der Waals surface area contributed by atoms with Crippen molar-refractivity contribution >= 4 is 11.8 Å². The van der Waals surface area contributed by atoms with Gasteiger partial charge in [-0.05, 0) is 6.92 Å². The monoisotopic (exact) mass is 570 g/mol. The maximum Gasteiger partial charge on any atom is 0.217 e. The standard InChI is InChI=1S/C22H38N2O15/c1-6-13(29)19(39-21-12(24-8(3)28)15(31)14(30)9(4-25)37-21)17(33)22(35-6)38-18-10(5-26)36-20(34)11(16(18)32)23-7(2)27/h6,9-22,25-26,29-34H,4-5H2,1-3H3,(H,23,27)(H,24,28)/t6-,9+,10+,11+,12-,13-,14+,15+,16+,17+,18+,19+,20-,21+,22+/m0/s1. The van der Waals surface area contributed by atoms with Gasteiger partial charge in [0.2, 0.25) is 11.8 Å². The zero-order chi connectivity index (χ0) is 29.2. The van der Waals surface area contributed by atoms with E-state index in [0.717, 1.165) is 13.8 Å². The van der Waals surface area contributed by atoms with E-state index in [-0.39, 0.29) is 0 Å². The summed E-state index contributed by atoms with van der Waals surface area (Å²) in [5.41, 5.74) is 0. The second kappa shape index (κ2) is 13.4. The van der Waals surface area contributed by atoms with E-state index in [2.05, 4.69) is 10.6 Å². The summed E-state index contributed by atoms with van der Waals surface area (Å²) in [5.74, 6) is -1.22. The molecule has 226 valence electrons. The number of rotatable bonds is 8. The predicted octanol–water partition coefficient (Wildman–Crippen LogP) is -6.26. The van der Waals surface area contributed by atoms with Gasteiger partial charge in [0.15, 0.2) is 18.9 Å². The topological polar surface area (TPSA) is 266 Å². The SMILES string of the molecule is CC(=O)N[C@@H]1[C@@H](O[C@@H]2[C@@H](O)[C@H](C)O[C@H](O[C@H]3[C@H](O)[C@@H](NC(C)=O)[C@@H](O)O[C@@H]3CO)[C@@H]2O)O[C@H](CO)[C@@H](O)[C@@H]1O. The van der Waals surface area contributed by atoms with Gasteiger partial charge >= 0.3 is 0 Å². The number of carbonyl (C=O) groups excluding carboxylic acids is 2. The molecule has 2 amide bonds. The van der Waals surface area contributed by atoms with Crippen LogP contribution in [0, 0.1) is 0 Å². The molecule has 10 N–H and O–H groups in total. The van der Waals surface area contributed by atoms with E-state index in [1.54, 1.807) is 0 Å². The summed E-state index contributed by atoms with van der Waals surface area (Å²) in [4.78, 5) is 23.2. The average Bonchev–Trinajstić information content (AvgIpc) is 2.87. The Morgan fingerprint density at radius 1 is 0.667 bits per heavy atom. The van der Waals surface area contributed by atoms with Gasteiger partial charge in [-0.25, -0.2) is 0 Å². The summed E-state index contributed by atoms with van der Waals surface area (Å²) in [6.07, 6.45) is -19.8. The van der Waals surface area contributed by atoms with Crippen LogP contribution in [-0.4, -0.2) is 158 Å². The third kappa shape index (κ3) is 7.02. The van der Waals surface area contributed by atoms with E-state index in [1.807, 2.05) is 0 Å². The average molecular weight is 571 g/mol. The second-order valence-corrected chi connectivity index (χ2v) is 9.79. The van der Waals surface area contributed by atoms with Crippen molar-refractivity contribution in [3.8, 4) is 0 Å². The van der Waals surface area contributed by atoms with Gasteiger partial charge in [-0.2, -0.15) is 0 Å². The molecule has 3 aliphatic heterocycles. The van der Waals surface area contributed by atoms with E-state index < -0.39 is 117 Å². The molecule has 0 aromatic rings. The minimum atomic E-state index is -1.81. The molecular formula is C22H38N2O15. The first-order valence-corrected chi connectivity index (χ1v) is 12.4. The number of hydrogen-bond acceptors (Lipinski definition) is 15. The van der Waals surface area contributed by atoms with Crippen LogP contribution in [0.25, 0.3) is 0 Å². The van der Waals surface area contributed by atoms with Crippen molar-refractivity contribution in [2.24, 2.45) is 0 Å². The van der Waals surface area contributed by atoms with Gasteiger partial charge in [0.25, 0.3) is 0 Å². The lowest BCUT2D eigenvalue weighted by Gasteiger charge is -2.48. The highest BCUT2D eigenvalue weighted by Crippen LogP contribution is 2.32. The van der Waals surface area contributed by atoms with Gasteiger partial charge < -0.3 is 75.2 Å². The van der Waals surface area contributed by atoms with Gasteiger partial charge in [0.05, 0.1) is 19.3 Å². The van der Waals surface area contributed by atoms with Crippen molar-refractivity contribution in [2.75, 3.05) is 13.2 Å². The second-order valence-electron chi connectivity index (χ2n) is 9.79. The van der Waals surface area contributed by atoms with E-state index in [4.69, 9.17) is 23.7 Å². The summed E-state index contributed by atoms with van der Waals surface area (Å²) in [6.45, 7) is 2.23. The molecule has 0 saturated carbocycles. The molecule has 15 atom stereocenters. The lowest BCUT2D eigenvalue weighted by molar-refractivity contribution is -0.364. The van der Waals surface area contributed by atoms with Crippen molar-refractivity contribution < 1.29 is 74.1 Å². The number of amides is 2. The van der Waals surface area contributed by atoms with Crippen molar-refractivity contribution in [2.45, 2.75) is 113 Å². The van der Waals surface area contributed by atoms with Crippen LogP contribution >= 0.6 is 0 Å². The van der Waals surface area contributed by atoms with Crippen LogP contribution in [0.1, 0.15) is 20.8 Å². The molecular weight excluding hydrogens is 532 g/mol. The fraction of sp³-hybridized carbons (Fsp3) is 0.909. The van der Waals surface area contributed by atoms with Crippen LogP contribution in [0.3, 0.4) is 0 Å². The molecule has 17 heteroatoms. The Bertz CT molecular complexity index is 837. The van der Waals surface area contributed by atoms with E-state index in [1.165, 1.54) is 6.92 Å². The molecule has 3 saturated heterocycles. The number of ether oxygens (including phenoxy) is 5. The van der Waals surface area contributed by atoms with Crippen LogP contribution in [0.5, 0.6) is 0 Å². The molecule has 0 spiro atoms. The fourth-order valence-electron chi connectivity index (χ4n) is 4.81. The van der Waals surface area contributed by atoms with Crippen LogP contribution < -0.4 is 10.6 Å². The van der Waals surface area contributed by atoms with E-state index >= 15 is 0 Å². The minimum absolute atomic E-state index is 0.600. The van der Waals surface area contributed by atoms with Crippen LogP contribution in [0.4, 0.5) is 0 Å². The third-order valence-electron chi connectivity index (χ3n) is 6.86. The highest BCUT2D eigenvalue weighted by molar-refractivity contribution is 5.73. The molecule has 3 fully saturated rings. The largest absolute Gasteiger partial charge is 0.394 e. The Hall–Kier alpha value is -1.58. The predicted molar refractivity (Wildman–Crippen MR) is 123 cm³/mol. The van der Waals surface area contributed by atoms with Gasteiger partial charge in [-0.3, -0.25) is 9.59 Å². The molecule has 3 aliphatic rings. The van der Waals surface area contributed by atoms with Crippen molar-refractivity contribution in [1.82, 2.24) is 10.6 Å². The summed E-state index contributed by atoms with van der Waals surface area (Å²) < 4.78 is 27.8. The molecule has 0 aromatic heterocycles. The molecule has 3 heterocycles. The number of aliphatic hydroxyl groups excluding tert-OH is 8. The third-order valence-corrected chi connectivity index (χ3v) is 6.86. The highest BCUT2D eigenvalue weighted by atomic mass is 16.7. The Labute approximate surface area is 223 Å². The first-order chi connectivity index (χ1) is 18.3. The molecule has 0 bridgehead atoms. The van der Waals surface area contributed by atoms with Crippen LogP contribution in [0.15, 0.2) is 0 Å². The van der Waals surface area contributed by atoms with Gasteiger partial charge in [-0.1, -0.05) is 0 Å². The molecule has 39 heavy (non-hydrogen) atoms. The number of aliphatic hydroxyl groups is 8. The number of hydrogen-bond donors (Lipinski definition) is 10. The molecule has 0 unspecified atom stereocenters. The maximum absolute atomic E-state index is 11.7. The zero-order valence-electron chi connectivity index (χ0n) is 21.5. The lowest BCUT2D eigenvalue weighted by atomic mass is 9.95. The molecule has 0 aliphatic carbocycles. The maximum atomic E-state index is 11.7. The molecule has 3 rings (SSSR count). The first kappa shape index (κ1) is 31.9. The van der Waals surface area contributed by atoms with Crippen LogP contribution in [-0.2, 0) is 33.3 Å². The van der Waals surface area contributed by atoms with Crippen molar-refractivity contribution in [3.63, 3.8) is 0 Å². The van der Waals surface area contributed by atoms with Gasteiger partial charge in [-0.15, -0.1) is 0 Å². The Morgan fingerprint density at radius 2 is 1.23 bits per heavy atom.